The van der Waals surface area contributed by atoms with Crippen molar-refractivity contribution in [3.05, 3.63) is 75.3 Å². The van der Waals surface area contributed by atoms with Crippen LogP contribution in [0.15, 0.2) is 48.5 Å². The fraction of sp³-hybridized carbons (Fsp3) is 0.167. The summed E-state index contributed by atoms with van der Waals surface area (Å²) in [5, 5.41) is 4.01. The molecule has 1 N–H and O–H groups in total. The van der Waals surface area contributed by atoms with Gasteiger partial charge >= 0.3 is 0 Å². The smallest absolute Gasteiger partial charge is 0.244 e. The fourth-order valence-electron chi connectivity index (χ4n) is 2.00. The van der Waals surface area contributed by atoms with Crippen molar-refractivity contribution in [2.24, 2.45) is 0 Å². The van der Waals surface area contributed by atoms with Crippen LogP contribution in [0, 0.1) is 6.92 Å². The predicted molar refractivity (Wildman–Crippen MR) is 93.2 cm³/mol. The number of nitrogens with one attached hydrogen (secondary N) is 1. The first-order valence-electron chi connectivity index (χ1n) is 6.96. The van der Waals surface area contributed by atoms with Gasteiger partial charge in [0.15, 0.2) is 0 Å². The van der Waals surface area contributed by atoms with Crippen LogP contribution in [0.3, 0.4) is 0 Å². The van der Waals surface area contributed by atoms with Crippen LogP contribution >= 0.6 is 23.2 Å². The monoisotopic (exact) mass is 333 g/mol. The lowest BCUT2D eigenvalue weighted by Gasteiger charge is -2.13. The predicted octanol–water partition coefficient (Wildman–Crippen LogP) is 5.19. The highest BCUT2D eigenvalue weighted by Crippen LogP contribution is 2.22. The first-order chi connectivity index (χ1) is 10.5. The van der Waals surface area contributed by atoms with Crippen molar-refractivity contribution in [1.29, 1.82) is 0 Å². The molecule has 2 nitrogen and oxygen atoms in total. The number of carbonyl (C=O) groups is 1. The van der Waals surface area contributed by atoms with Crippen molar-refractivity contribution in [2.45, 2.75) is 19.9 Å². The zero-order valence-electron chi connectivity index (χ0n) is 12.4. The summed E-state index contributed by atoms with van der Waals surface area (Å²) >= 11 is 11.9. The summed E-state index contributed by atoms with van der Waals surface area (Å²) in [4.78, 5) is 12.0. The molecular formula is C18H17Cl2NO. The molecule has 1 atom stereocenters. The minimum Gasteiger partial charge on any atom is -0.346 e. The molecule has 0 bridgehead atoms. The number of aryl methyl sites for hydroxylation is 1. The third kappa shape index (κ3) is 4.62. The molecule has 0 heterocycles. The highest BCUT2D eigenvalue weighted by molar-refractivity contribution is 6.35. The van der Waals surface area contributed by atoms with Crippen LogP contribution in [-0.4, -0.2) is 5.91 Å². The fourth-order valence-corrected chi connectivity index (χ4v) is 2.47. The van der Waals surface area contributed by atoms with Gasteiger partial charge in [-0.05, 0) is 43.2 Å². The van der Waals surface area contributed by atoms with E-state index < -0.39 is 0 Å². The minimum absolute atomic E-state index is 0.0570. The molecule has 0 aliphatic rings. The van der Waals surface area contributed by atoms with Crippen LogP contribution in [0.4, 0.5) is 0 Å². The third-order valence-electron chi connectivity index (χ3n) is 3.31. The highest BCUT2D eigenvalue weighted by Gasteiger charge is 2.07. The van der Waals surface area contributed by atoms with Crippen molar-refractivity contribution in [3.8, 4) is 0 Å². The van der Waals surface area contributed by atoms with Crippen LogP contribution < -0.4 is 5.32 Å². The number of hydrogen-bond acceptors (Lipinski definition) is 1. The molecule has 0 aliphatic carbocycles. The van der Waals surface area contributed by atoms with Gasteiger partial charge in [-0.15, -0.1) is 0 Å². The summed E-state index contributed by atoms with van der Waals surface area (Å²) in [6, 6.07) is 13.2. The summed E-state index contributed by atoms with van der Waals surface area (Å²) in [7, 11) is 0. The molecule has 0 fully saturated rings. The van der Waals surface area contributed by atoms with Crippen molar-refractivity contribution in [1.82, 2.24) is 5.32 Å². The highest BCUT2D eigenvalue weighted by atomic mass is 35.5. The second-order valence-electron chi connectivity index (χ2n) is 5.14. The zero-order valence-corrected chi connectivity index (χ0v) is 13.9. The Hall–Kier alpha value is -1.77. The number of carbonyl (C=O) groups excluding carboxylic acids is 1. The Morgan fingerprint density at radius 3 is 2.45 bits per heavy atom. The summed E-state index contributed by atoms with van der Waals surface area (Å²) in [6.07, 6.45) is 3.15. The molecule has 1 amide bonds. The summed E-state index contributed by atoms with van der Waals surface area (Å²) in [5.41, 5.74) is 3.01. The average molecular weight is 334 g/mol. The largest absolute Gasteiger partial charge is 0.346 e. The van der Waals surface area contributed by atoms with Gasteiger partial charge in [0, 0.05) is 16.1 Å². The molecule has 0 spiro atoms. The molecule has 0 aliphatic heterocycles. The summed E-state index contributed by atoms with van der Waals surface area (Å²) < 4.78 is 0. The molecule has 1 unspecified atom stereocenters. The Morgan fingerprint density at radius 1 is 1.14 bits per heavy atom. The van der Waals surface area contributed by atoms with Crippen LogP contribution in [0.5, 0.6) is 0 Å². The van der Waals surface area contributed by atoms with Gasteiger partial charge in [-0.2, -0.15) is 0 Å². The van der Waals surface area contributed by atoms with E-state index in [-0.39, 0.29) is 11.9 Å². The second-order valence-corrected chi connectivity index (χ2v) is 5.98. The first kappa shape index (κ1) is 16.6. The molecule has 2 aromatic rings. The Bertz CT molecular complexity index is 693. The molecule has 2 aromatic carbocycles. The van der Waals surface area contributed by atoms with E-state index in [9.17, 15) is 4.79 Å². The number of rotatable bonds is 4. The van der Waals surface area contributed by atoms with Crippen LogP contribution in [0.2, 0.25) is 10.0 Å². The van der Waals surface area contributed by atoms with E-state index in [1.165, 1.54) is 11.6 Å². The van der Waals surface area contributed by atoms with E-state index in [1.54, 1.807) is 24.3 Å². The van der Waals surface area contributed by atoms with E-state index in [0.717, 1.165) is 11.1 Å². The van der Waals surface area contributed by atoms with Gasteiger partial charge in [0.1, 0.15) is 0 Å². The van der Waals surface area contributed by atoms with E-state index >= 15 is 0 Å². The molecule has 0 saturated carbocycles. The normalized spacial score (nSPS) is 12.4. The van der Waals surface area contributed by atoms with Crippen LogP contribution in [0.25, 0.3) is 6.08 Å². The van der Waals surface area contributed by atoms with E-state index in [2.05, 4.69) is 5.32 Å². The Morgan fingerprint density at radius 2 is 1.82 bits per heavy atom. The van der Waals surface area contributed by atoms with Gasteiger partial charge in [0.2, 0.25) is 5.91 Å². The maximum Gasteiger partial charge on any atom is 0.244 e. The lowest BCUT2D eigenvalue weighted by molar-refractivity contribution is -0.117. The number of amides is 1. The molecule has 22 heavy (non-hydrogen) atoms. The molecule has 114 valence electrons. The number of hydrogen-bond donors (Lipinski definition) is 1. The van der Waals surface area contributed by atoms with E-state index in [4.69, 9.17) is 23.2 Å². The Labute approximate surface area is 140 Å². The topological polar surface area (TPSA) is 29.1 Å². The lowest BCUT2D eigenvalue weighted by Crippen LogP contribution is -2.24. The summed E-state index contributed by atoms with van der Waals surface area (Å²) in [5.74, 6) is -0.168. The van der Waals surface area contributed by atoms with Gasteiger partial charge in [-0.3, -0.25) is 4.79 Å². The van der Waals surface area contributed by atoms with Crippen molar-refractivity contribution in [3.63, 3.8) is 0 Å². The molecule has 0 saturated heterocycles. The first-order valence-corrected chi connectivity index (χ1v) is 7.71. The number of halogens is 2. The van der Waals surface area contributed by atoms with Crippen molar-refractivity contribution in [2.75, 3.05) is 0 Å². The maximum absolute atomic E-state index is 12.0. The molecular weight excluding hydrogens is 317 g/mol. The van der Waals surface area contributed by atoms with Gasteiger partial charge in [0.05, 0.1) is 6.04 Å². The Balaban J connectivity index is 2.00. The van der Waals surface area contributed by atoms with Gasteiger partial charge in [-0.1, -0.05) is 59.1 Å². The Kier molecular flexibility index (Phi) is 5.64. The van der Waals surface area contributed by atoms with Crippen LogP contribution in [0.1, 0.15) is 29.7 Å². The molecule has 2 rings (SSSR count). The SMILES string of the molecule is Cc1ccc(C(C)NC(=O)/C=C/c2ccc(Cl)cc2Cl)cc1. The third-order valence-corrected chi connectivity index (χ3v) is 3.88. The second kappa shape index (κ2) is 7.48. The van der Waals surface area contributed by atoms with Gasteiger partial charge in [-0.25, -0.2) is 0 Å². The van der Waals surface area contributed by atoms with Crippen molar-refractivity contribution < 1.29 is 4.79 Å². The summed E-state index contributed by atoms with van der Waals surface area (Å²) in [6.45, 7) is 3.98. The molecule has 4 heteroatoms. The zero-order chi connectivity index (χ0) is 16.1. The van der Waals surface area contributed by atoms with Gasteiger partial charge in [0.25, 0.3) is 0 Å². The molecule has 0 aromatic heterocycles. The van der Waals surface area contributed by atoms with Crippen LogP contribution in [-0.2, 0) is 4.79 Å². The van der Waals surface area contributed by atoms with Gasteiger partial charge < -0.3 is 5.32 Å². The maximum atomic E-state index is 12.0. The molecule has 0 radical (unpaired) electrons. The minimum atomic E-state index is -0.168. The van der Waals surface area contributed by atoms with Crippen molar-refractivity contribution >= 4 is 35.2 Å². The lowest BCUT2D eigenvalue weighted by atomic mass is 10.1. The van der Waals surface area contributed by atoms with E-state index in [0.29, 0.717) is 10.0 Å². The number of benzene rings is 2. The standard InChI is InChI=1S/C18H17Cl2NO/c1-12-3-5-14(6-4-12)13(2)21-18(22)10-8-15-7-9-16(19)11-17(15)20/h3-11,13H,1-2H3,(H,21,22)/b10-8+. The van der Waals surface area contributed by atoms with E-state index in [1.807, 2.05) is 38.1 Å². The quantitative estimate of drug-likeness (QED) is 0.766. The average Bonchev–Trinajstić information content (AvgIpc) is 2.47.